The molecule has 0 amide bonds. The van der Waals surface area contributed by atoms with Gasteiger partial charge in [-0.25, -0.2) is 0 Å². The smallest absolute Gasteiger partial charge is 0.134 e. The first-order valence-corrected chi connectivity index (χ1v) is 6.43. The van der Waals surface area contributed by atoms with E-state index in [0.717, 1.165) is 11.1 Å². The maximum atomic E-state index is 10.5. The van der Waals surface area contributed by atoms with Gasteiger partial charge >= 0.3 is 0 Å². The van der Waals surface area contributed by atoms with Crippen LogP contribution in [0, 0.1) is 0 Å². The van der Waals surface area contributed by atoms with Crippen LogP contribution in [0.25, 0.3) is 22.3 Å². The molecule has 0 radical (unpaired) electrons. The Morgan fingerprint density at radius 1 is 0.550 bits per heavy atom. The van der Waals surface area contributed by atoms with Gasteiger partial charge in [-0.2, -0.15) is 0 Å². The average Bonchev–Trinajstić information content (AvgIpc) is 2.49. The van der Waals surface area contributed by atoms with Crippen LogP contribution in [0.5, 0.6) is 11.5 Å². The van der Waals surface area contributed by atoms with Gasteiger partial charge in [-0.3, -0.25) is 0 Å². The van der Waals surface area contributed by atoms with Crippen LogP contribution < -0.4 is 0 Å². The van der Waals surface area contributed by atoms with Crippen LogP contribution >= 0.6 is 0 Å². The topological polar surface area (TPSA) is 40.5 Å². The largest absolute Gasteiger partial charge is 0.507 e. The van der Waals surface area contributed by atoms with Gasteiger partial charge in [0.25, 0.3) is 0 Å². The van der Waals surface area contributed by atoms with Crippen molar-refractivity contribution in [1.29, 1.82) is 0 Å². The zero-order valence-corrected chi connectivity index (χ0v) is 10.8. The fraction of sp³-hybridized carbons (Fsp3) is 0. The van der Waals surface area contributed by atoms with E-state index in [2.05, 4.69) is 0 Å². The lowest BCUT2D eigenvalue weighted by molar-refractivity contribution is 0.455. The Morgan fingerprint density at radius 3 is 1.70 bits per heavy atom. The summed E-state index contributed by atoms with van der Waals surface area (Å²) in [7, 11) is 0. The first kappa shape index (κ1) is 12.3. The van der Waals surface area contributed by atoms with Gasteiger partial charge in [0.1, 0.15) is 11.5 Å². The van der Waals surface area contributed by atoms with Crippen LogP contribution in [-0.4, -0.2) is 10.2 Å². The maximum absolute atomic E-state index is 10.5. The number of phenolic OH excluding ortho intramolecular Hbond substituents is 2. The monoisotopic (exact) mass is 262 g/mol. The Balaban J connectivity index is 2.22. The van der Waals surface area contributed by atoms with Crippen molar-refractivity contribution in [2.24, 2.45) is 0 Å². The van der Waals surface area contributed by atoms with Crippen molar-refractivity contribution in [3.05, 3.63) is 72.8 Å². The average molecular weight is 262 g/mol. The molecule has 2 N–H and O–H groups in total. The third kappa shape index (κ3) is 2.12. The Labute approximate surface area is 117 Å². The third-order valence-electron chi connectivity index (χ3n) is 3.30. The van der Waals surface area contributed by atoms with E-state index in [1.165, 1.54) is 0 Å². The lowest BCUT2D eigenvalue weighted by Crippen LogP contribution is -1.85. The number of rotatable bonds is 2. The Hall–Kier alpha value is -2.74. The molecule has 0 saturated heterocycles. The van der Waals surface area contributed by atoms with E-state index < -0.39 is 0 Å². The maximum Gasteiger partial charge on any atom is 0.134 e. The van der Waals surface area contributed by atoms with Gasteiger partial charge in [-0.15, -0.1) is 0 Å². The van der Waals surface area contributed by atoms with E-state index in [4.69, 9.17) is 0 Å². The first-order valence-electron chi connectivity index (χ1n) is 6.43. The normalized spacial score (nSPS) is 10.4. The van der Waals surface area contributed by atoms with Gasteiger partial charge in [0.05, 0.1) is 5.56 Å². The van der Waals surface area contributed by atoms with Crippen molar-refractivity contribution in [2.75, 3.05) is 0 Å². The number of phenols is 2. The zero-order valence-electron chi connectivity index (χ0n) is 10.8. The molecule has 0 spiro atoms. The number of aromatic hydroxyl groups is 2. The van der Waals surface area contributed by atoms with Gasteiger partial charge in [0.15, 0.2) is 0 Å². The summed E-state index contributed by atoms with van der Waals surface area (Å²) in [4.78, 5) is 0. The van der Waals surface area contributed by atoms with Gasteiger partial charge < -0.3 is 10.2 Å². The molecule has 0 atom stereocenters. The molecule has 0 aliphatic heterocycles. The van der Waals surface area contributed by atoms with Gasteiger partial charge in [-0.05, 0) is 23.3 Å². The van der Waals surface area contributed by atoms with Crippen LogP contribution in [0.3, 0.4) is 0 Å². The third-order valence-corrected chi connectivity index (χ3v) is 3.30. The van der Waals surface area contributed by atoms with Crippen molar-refractivity contribution in [3.8, 4) is 33.8 Å². The van der Waals surface area contributed by atoms with E-state index in [9.17, 15) is 10.2 Å². The predicted molar refractivity (Wildman–Crippen MR) is 80.6 cm³/mol. The Bertz CT molecular complexity index is 719. The minimum atomic E-state index is 0.0772. The van der Waals surface area contributed by atoms with Crippen molar-refractivity contribution in [2.45, 2.75) is 0 Å². The Kier molecular flexibility index (Phi) is 3.13. The summed E-state index contributed by atoms with van der Waals surface area (Å²) in [5.41, 5.74) is 2.89. The van der Waals surface area contributed by atoms with E-state index in [-0.39, 0.29) is 11.5 Å². The van der Waals surface area contributed by atoms with Crippen molar-refractivity contribution >= 4 is 0 Å². The van der Waals surface area contributed by atoms with Crippen molar-refractivity contribution in [3.63, 3.8) is 0 Å². The molecule has 0 bridgehead atoms. The molecule has 0 aliphatic carbocycles. The summed E-state index contributed by atoms with van der Waals surface area (Å²) in [5.74, 6) is 0.177. The molecule has 0 aliphatic rings. The number of benzene rings is 3. The highest BCUT2D eigenvalue weighted by Gasteiger charge is 2.14. The molecular weight excluding hydrogens is 248 g/mol. The fourth-order valence-electron chi connectivity index (χ4n) is 2.32. The molecule has 3 aromatic carbocycles. The SMILES string of the molecule is Oc1ccc(-c2ccccc2)c(O)c1-c1ccccc1. The molecule has 0 fully saturated rings. The van der Waals surface area contributed by atoms with E-state index in [1.54, 1.807) is 12.1 Å². The van der Waals surface area contributed by atoms with Crippen LogP contribution in [0.15, 0.2) is 72.8 Å². The highest BCUT2D eigenvalue weighted by molar-refractivity contribution is 5.85. The highest BCUT2D eigenvalue weighted by Crippen LogP contribution is 2.43. The minimum Gasteiger partial charge on any atom is -0.507 e. The van der Waals surface area contributed by atoms with E-state index in [0.29, 0.717) is 11.1 Å². The quantitative estimate of drug-likeness (QED) is 0.717. The minimum absolute atomic E-state index is 0.0772. The molecule has 98 valence electrons. The second-order valence-electron chi connectivity index (χ2n) is 4.59. The van der Waals surface area contributed by atoms with Gasteiger partial charge in [0.2, 0.25) is 0 Å². The molecular formula is C18H14O2. The van der Waals surface area contributed by atoms with Gasteiger partial charge in [-0.1, -0.05) is 60.7 Å². The summed E-state index contributed by atoms with van der Waals surface area (Å²) in [6.07, 6.45) is 0. The molecule has 2 nitrogen and oxygen atoms in total. The summed E-state index contributed by atoms with van der Waals surface area (Å²) in [5, 5.41) is 20.6. The molecule has 0 aromatic heterocycles. The van der Waals surface area contributed by atoms with Crippen LogP contribution in [0.1, 0.15) is 0 Å². The molecule has 3 rings (SSSR count). The van der Waals surface area contributed by atoms with Crippen LogP contribution in [0.4, 0.5) is 0 Å². The van der Waals surface area contributed by atoms with Crippen molar-refractivity contribution in [1.82, 2.24) is 0 Å². The summed E-state index contributed by atoms with van der Waals surface area (Å²) in [6.45, 7) is 0. The van der Waals surface area contributed by atoms with Crippen LogP contribution in [-0.2, 0) is 0 Å². The first-order chi connectivity index (χ1) is 9.77. The molecule has 0 heterocycles. The predicted octanol–water partition coefficient (Wildman–Crippen LogP) is 4.43. The molecule has 0 unspecified atom stereocenters. The molecule has 20 heavy (non-hydrogen) atoms. The summed E-state index contributed by atoms with van der Waals surface area (Å²) >= 11 is 0. The molecule has 2 heteroatoms. The second kappa shape index (κ2) is 5.10. The standard InChI is InChI=1S/C18H14O2/c19-16-12-11-15(13-7-3-1-4-8-13)18(20)17(16)14-9-5-2-6-10-14/h1-12,19-20H. The summed E-state index contributed by atoms with van der Waals surface area (Å²) in [6, 6.07) is 22.4. The molecule has 3 aromatic rings. The number of hydrogen-bond donors (Lipinski definition) is 2. The van der Waals surface area contributed by atoms with E-state index >= 15 is 0 Å². The molecule has 0 saturated carbocycles. The lowest BCUT2D eigenvalue weighted by atomic mass is 9.96. The lowest BCUT2D eigenvalue weighted by Gasteiger charge is -2.12. The van der Waals surface area contributed by atoms with E-state index in [1.807, 2.05) is 60.7 Å². The fourth-order valence-corrected chi connectivity index (χ4v) is 2.32. The zero-order chi connectivity index (χ0) is 13.9. The Morgan fingerprint density at radius 2 is 1.10 bits per heavy atom. The van der Waals surface area contributed by atoms with Crippen molar-refractivity contribution < 1.29 is 10.2 Å². The summed E-state index contributed by atoms with van der Waals surface area (Å²) < 4.78 is 0. The number of hydrogen-bond acceptors (Lipinski definition) is 2. The highest BCUT2D eigenvalue weighted by atomic mass is 16.3. The van der Waals surface area contributed by atoms with Crippen LogP contribution in [0.2, 0.25) is 0 Å². The second-order valence-corrected chi connectivity index (χ2v) is 4.59. The van der Waals surface area contributed by atoms with Gasteiger partial charge in [0, 0.05) is 5.56 Å².